The lowest BCUT2D eigenvalue weighted by Crippen LogP contribution is -2.58. The molecule has 1 aliphatic heterocycles. The summed E-state index contributed by atoms with van der Waals surface area (Å²) in [5.74, 6) is -1.62. The van der Waals surface area contributed by atoms with Crippen molar-refractivity contribution in [1.29, 1.82) is 0 Å². The molecule has 19 heavy (non-hydrogen) atoms. The topological polar surface area (TPSA) is 66.5 Å². The minimum absolute atomic E-state index is 0.347. The van der Waals surface area contributed by atoms with E-state index in [-0.39, 0.29) is 6.04 Å². The Balaban J connectivity index is 2.25. The van der Waals surface area contributed by atoms with E-state index in [0.717, 1.165) is 16.2 Å². The van der Waals surface area contributed by atoms with Gasteiger partial charge in [0.2, 0.25) is 11.8 Å². The van der Waals surface area contributed by atoms with Crippen molar-refractivity contribution >= 4 is 29.2 Å². The largest absolute Gasteiger partial charge is 0.331 e. The van der Waals surface area contributed by atoms with E-state index in [2.05, 4.69) is 5.32 Å². The summed E-state index contributed by atoms with van der Waals surface area (Å²) < 4.78 is 0. The zero-order valence-corrected chi connectivity index (χ0v) is 11.7. The molecule has 2 rings (SSSR count). The van der Waals surface area contributed by atoms with Crippen molar-refractivity contribution in [3.63, 3.8) is 0 Å². The van der Waals surface area contributed by atoms with Gasteiger partial charge in [0.25, 0.3) is 0 Å². The van der Waals surface area contributed by atoms with Gasteiger partial charge in [-0.2, -0.15) is 0 Å². The molecule has 1 aliphatic rings. The zero-order chi connectivity index (χ0) is 14.0. The second-order valence-corrected chi connectivity index (χ2v) is 5.51. The number of carbonyl (C=O) groups is 3. The molecular formula is C13H16N2O3S. The lowest BCUT2D eigenvalue weighted by Gasteiger charge is -2.33. The van der Waals surface area contributed by atoms with Crippen molar-refractivity contribution in [3.8, 4) is 0 Å². The number of hydrogen-bond acceptors (Lipinski definition) is 4. The molecule has 1 fully saturated rings. The summed E-state index contributed by atoms with van der Waals surface area (Å²) in [5.41, 5.74) is 0. The minimum Gasteiger partial charge on any atom is -0.277 e. The number of rotatable bonds is 4. The Kier molecular flexibility index (Phi) is 3.99. The van der Waals surface area contributed by atoms with Gasteiger partial charge in [0.15, 0.2) is 0 Å². The van der Waals surface area contributed by atoms with Gasteiger partial charge < -0.3 is 0 Å². The van der Waals surface area contributed by atoms with Crippen LogP contribution in [0.5, 0.6) is 0 Å². The van der Waals surface area contributed by atoms with Crippen molar-refractivity contribution in [3.05, 3.63) is 22.4 Å². The van der Waals surface area contributed by atoms with E-state index in [1.807, 2.05) is 24.4 Å². The molecule has 0 aromatic carbocycles. The maximum atomic E-state index is 12.3. The summed E-state index contributed by atoms with van der Waals surface area (Å²) in [7, 11) is 0. The number of barbiturate groups is 1. The molecule has 2 unspecified atom stereocenters. The number of nitrogens with zero attached hydrogens (tertiary/aromatic N) is 1. The maximum absolute atomic E-state index is 12.3. The van der Waals surface area contributed by atoms with Crippen LogP contribution < -0.4 is 5.32 Å². The van der Waals surface area contributed by atoms with Crippen molar-refractivity contribution in [2.45, 2.75) is 32.7 Å². The standard InChI is InChI=1S/C13H16N2O3S/c1-3-5-9-11(16)14-13(18)15(12(9)17)8(2)10-6-4-7-19-10/h4,6-9H,3,5H2,1-2H3,(H,14,16,18). The number of amides is 4. The lowest BCUT2D eigenvalue weighted by atomic mass is 9.98. The Hall–Kier alpha value is -1.69. The molecule has 1 aromatic heterocycles. The number of urea groups is 1. The number of carbonyl (C=O) groups excluding carboxylic acids is 3. The first-order chi connectivity index (χ1) is 9.06. The number of hydrogen-bond donors (Lipinski definition) is 1. The van der Waals surface area contributed by atoms with Gasteiger partial charge >= 0.3 is 6.03 Å². The average molecular weight is 280 g/mol. The van der Waals surface area contributed by atoms with Gasteiger partial charge in [0, 0.05) is 4.88 Å². The highest BCUT2D eigenvalue weighted by Gasteiger charge is 2.42. The Bertz CT molecular complexity index is 498. The minimum atomic E-state index is -0.745. The van der Waals surface area contributed by atoms with Crippen molar-refractivity contribution < 1.29 is 14.4 Å². The van der Waals surface area contributed by atoms with E-state index in [4.69, 9.17) is 0 Å². The number of imide groups is 2. The van der Waals surface area contributed by atoms with Crippen LogP contribution in [0.4, 0.5) is 4.79 Å². The van der Waals surface area contributed by atoms with Crippen molar-refractivity contribution in [1.82, 2.24) is 10.2 Å². The average Bonchev–Trinajstić information content (AvgIpc) is 2.87. The monoisotopic (exact) mass is 280 g/mol. The van der Waals surface area contributed by atoms with Gasteiger partial charge in [-0.3, -0.25) is 19.8 Å². The summed E-state index contributed by atoms with van der Waals surface area (Å²) in [4.78, 5) is 38.0. The SMILES string of the molecule is CCCC1C(=O)NC(=O)N(C(C)c2cccs2)C1=O. The molecule has 5 nitrogen and oxygen atoms in total. The summed E-state index contributed by atoms with van der Waals surface area (Å²) in [6, 6.07) is 2.78. The van der Waals surface area contributed by atoms with Crippen LogP contribution in [0.25, 0.3) is 0 Å². The molecule has 0 bridgehead atoms. The van der Waals surface area contributed by atoms with Crippen LogP contribution >= 0.6 is 11.3 Å². The highest BCUT2D eigenvalue weighted by molar-refractivity contribution is 7.10. The van der Waals surface area contributed by atoms with E-state index >= 15 is 0 Å². The van der Waals surface area contributed by atoms with E-state index in [9.17, 15) is 14.4 Å². The second kappa shape index (κ2) is 5.52. The van der Waals surface area contributed by atoms with Gasteiger partial charge in [0.05, 0.1) is 6.04 Å². The van der Waals surface area contributed by atoms with Crippen molar-refractivity contribution in [2.75, 3.05) is 0 Å². The van der Waals surface area contributed by atoms with Crippen molar-refractivity contribution in [2.24, 2.45) is 5.92 Å². The molecule has 0 aliphatic carbocycles. The molecule has 2 heterocycles. The smallest absolute Gasteiger partial charge is 0.277 e. The first-order valence-corrected chi connectivity index (χ1v) is 7.15. The Morgan fingerprint density at radius 3 is 2.74 bits per heavy atom. The fourth-order valence-corrected chi connectivity index (χ4v) is 2.97. The molecule has 1 aromatic rings. The van der Waals surface area contributed by atoms with E-state index in [1.54, 1.807) is 6.92 Å². The zero-order valence-electron chi connectivity index (χ0n) is 10.9. The highest BCUT2D eigenvalue weighted by atomic mass is 32.1. The maximum Gasteiger partial charge on any atom is 0.331 e. The molecule has 6 heteroatoms. The predicted molar refractivity (Wildman–Crippen MR) is 71.5 cm³/mol. The second-order valence-electron chi connectivity index (χ2n) is 4.54. The normalized spacial score (nSPS) is 21.5. The molecule has 0 spiro atoms. The summed E-state index contributed by atoms with van der Waals surface area (Å²) in [6.07, 6.45) is 1.19. The molecule has 1 saturated heterocycles. The van der Waals surface area contributed by atoms with Gasteiger partial charge in [-0.1, -0.05) is 19.4 Å². The van der Waals surface area contributed by atoms with Gasteiger partial charge in [-0.15, -0.1) is 11.3 Å². The predicted octanol–water partition coefficient (Wildman–Crippen LogP) is 2.30. The molecule has 2 atom stereocenters. The quantitative estimate of drug-likeness (QED) is 0.861. The molecule has 4 amide bonds. The number of nitrogens with one attached hydrogen (secondary N) is 1. The van der Waals surface area contributed by atoms with Crippen LogP contribution in [0.2, 0.25) is 0 Å². The first-order valence-electron chi connectivity index (χ1n) is 6.27. The third-order valence-corrected chi connectivity index (χ3v) is 4.26. The van der Waals surface area contributed by atoms with Crippen LogP contribution in [0.3, 0.4) is 0 Å². The molecular weight excluding hydrogens is 264 g/mol. The fraction of sp³-hybridized carbons (Fsp3) is 0.462. The third kappa shape index (κ3) is 2.53. The van der Waals surface area contributed by atoms with Crippen LogP contribution in [0.15, 0.2) is 17.5 Å². The highest BCUT2D eigenvalue weighted by Crippen LogP contribution is 2.28. The Morgan fingerprint density at radius 1 is 1.42 bits per heavy atom. The fourth-order valence-electron chi connectivity index (χ4n) is 2.20. The Morgan fingerprint density at radius 2 is 2.16 bits per heavy atom. The van der Waals surface area contributed by atoms with Gasteiger partial charge in [-0.05, 0) is 24.8 Å². The first kappa shape index (κ1) is 13.7. The summed E-state index contributed by atoms with van der Waals surface area (Å²) >= 11 is 1.49. The van der Waals surface area contributed by atoms with E-state index in [0.29, 0.717) is 6.42 Å². The molecule has 0 radical (unpaired) electrons. The van der Waals surface area contributed by atoms with E-state index < -0.39 is 23.8 Å². The summed E-state index contributed by atoms with van der Waals surface area (Å²) in [6.45, 7) is 3.70. The number of thiophene rings is 1. The van der Waals surface area contributed by atoms with Crippen LogP contribution in [0, 0.1) is 5.92 Å². The van der Waals surface area contributed by atoms with Gasteiger partial charge in [0.1, 0.15) is 5.92 Å². The summed E-state index contributed by atoms with van der Waals surface area (Å²) in [5, 5.41) is 4.17. The van der Waals surface area contributed by atoms with E-state index in [1.165, 1.54) is 11.3 Å². The third-order valence-electron chi connectivity index (χ3n) is 3.22. The molecule has 102 valence electrons. The molecule has 0 saturated carbocycles. The van der Waals surface area contributed by atoms with Crippen LogP contribution in [-0.2, 0) is 9.59 Å². The van der Waals surface area contributed by atoms with Gasteiger partial charge in [-0.25, -0.2) is 4.79 Å². The lowest BCUT2D eigenvalue weighted by molar-refractivity contribution is -0.144. The van der Waals surface area contributed by atoms with Crippen LogP contribution in [-0.4, -0.2) is 22.7 Å². The van der Waals surface area contributed by atoms with Crippen LogP contribution in [0.1, 0.15) is 37.6 Å². The molecule has 1 N–H and O–H groups in total. The Labute approximate surface area is 115 Å².